The molecule has 1 aromatic heterocycles. The molecular weight excluding hydrogens is 304 g/mol. The van der Waals surface area contributed by atoms with Gasteiger partial charge in [-0.15, -0.1) is 0 Å². The van der Waals surface area contributed by atoms with Gasteiger partial charge >= 0.3 is 6.01 Å². The zero-order valence-corrected chi connectivity index (χ0v) is 13.2. The molecule has 0 radical (unpaired) electrons. The first kappa shape index (κ1) is 15.7. The van der Waals surface area contributed by atoms with E-state index in [0.29, 0.717) is 23.9 Å². The van der Waals surface area contributed by atoms with Crippen molar-refractivity contribution in [3.63, 3.8) is 0 Å². The maximum atomic E-state index is 11.4. The molecule has 0 N–H and O–H groups in total. The summed E-state index contributed by atoms with van der Waals surface area (Å²) in [6.45, 7) is 0.409. The lowest BCUT2D eigenvalue weighted by Gasteiger charge is -2.10. The molecule has 0 fully saturated rings. The molecule has 0 unspecified atom stereocenters. The van der Waals surface area contributed by atoms with Gasteiger partial charge in [-0.2, -0.15) is 0 Å². The number of carbonyl (C=O) groups is 1. The van der Waals surface area contributed by atoms with Crippen LogP contribution in [0.4, 0.5) is 0 Å². The lowest BCUT2D eigenvalue weighted by molar-refractivity contribution is 0.111. The summed E-state index contributed by atoms with van der Waals surface area (Å²) >= 11 is 0. The Morgan fingerprint density at radius 1 is 1.00 bits per heavy atom. The molecule has 1 heterocycles. The van der Waals surface area contributed by atoms with Crippen LogP contribution in [0.25, 0.3) is 11.1 Å². The summed E-state index contributed by atoms with van der Waals surface area (Å²) in [5.41, 5.74) is 3.17. The number of rotatable bonds is 6. The summed E-state index contributed by atoms with van der Waals surface area (Å²) in [6, 6.07) is 15.5. The molecule has 5 nitrogen and oxygen atoms in total. The molecule has 0 aliphatic rings. The Morgan fingerprint density at radius 2 is 1.75 bits per heavy atom. The van der Waals surface area contributed by atoms with Crippen molar-refractivity contribution in [1.29, 1.82) is 0 Å². The minimum atomic E-state index is 0.303. The van der Waals surface area contributed by atoms with Crippen molar-refractivity contribution in [2.75, 3.05) is 7.11 Å². The van der Waals surface area contributed by atoms with E-state index in [0.717, 1.165) is 23.0 Å². The lowest BCUT2D eigenvalue weighted by Crippen LogP contribution is -1.98. The highest BCUT2D eigenvalue weighted by Crippen LogP contribution is 2.26. The Hall–Kier alpha value is -3.21. The van der Waals surface area contributed by atoms with Gasteiger partial charge in [-0.05, 0) is 23.3 Å². The fraction of sp³-hybridized carbons (Fsp3) is 0.105. The van der Waals surface area contributed by atoms with Gasteiger partial charge in [-0.1, -0.05) is 36.4 Å². The van der Waals surface area contributed by atoms with E-state index in [9.17, 15) is 4.79 Å². The van der Waals surface area contributed by atoms with Gasteiger partial charge in [0.25, 0.3) is 0 Å². The average molecular weight is 320 g/mol. The third-order valence-electron chi connectivity index (χ3n) is 3.52. The predicted molar refractivity (Wildman–Crippen MR) is 90.2 cm³/mol. The quantitative estimate of drug-likeness (QED) is 0.650. The van der Waals surface area contributed by atoms with Crippen LogP contribution in [-0.2, 0) is 6.61 Å². The summed E-state index contributed by atoms with van der Waals surface area (Å²) in [5, 5.41) is 0. The largest absolute Gasteiger partial charge is 0.488 e. The lowest BCUT2D eigenvalue weighted by atomic mass is 10.1. The molecule has 120 valence electrons. The van der Waals surface area contributed by atoms with Crippen LogP contribution in [-0.4, -0.2) is 23.4 Å². The average Bonchev–Trinajstić information content (AvgIpc) is 2.67. The Bertz CT molecular complexity index is 818. The molecular formula is C19H16N2O3. The Labute approximate surface area is 139 Å². The summed E-state index contributed by atoms with van der Waals surface area (Å²) in [7, 11) is 1.51. The van der Waals surface area contributed by atoms with Crippen molar-refractivity contribution < 1.29 is 14.3 Å². The highest BCUT2D eigenvalue weighted by Gasteiger charge is 2.08. The first-order valence-electron chi connectivity index (χ1n) is 7.42. The van der Waals surface area contributed by atoms with E-state index < -0.39 is 0 Å². The summed E-state index contributed by atoms with van der Waals surface area (Å²) in [5.74, 6) is 0.548. The summed E-state index contributed by atoms with van der Waals surface area (Å²) < 4.78 is 10.7. The van der Waals surface area contributed by atoms with Crippen molar-refractivity contribution >= 4 is 6.29 Å². The van der Waals surface area contributed by atoms with Gasteiger partial charge in [0.1, 0.15) is 12.4 Å². The number of aromatic nitrogens is 2. The van der Waals surface area contributed by atoms with Crippen LogP contribution < -0.4 is 9.47 Å². The molecule has 0 saturated heterocycles. The fourth-order valence-corrected chi connectivity index (χ4v) is 2.26. The number of nitrogens with zero attached hydrogens (tertiary/aromatic N) is 2. The summed E-state index contributed by atoms with van der Waals surface area (Å²) in [6.07, 6.45) is 4.09. The number of carbonyl (C=O) groups excluding carboxylic acids is 1. The number of ether oxygens (including phenoxy) is 2. The molecule has 0 spiro atoms. The van der Waals surface area contributed by atoms with E-state index in [2.05, 4.69) is 9.97 Å². The van der Waals surface area contributed by atoms with E-state index in [1.54, 1.807) is 24.5 Å². The third kappa shape index (κ3) is 3.57. The van der Waals surface area contributed by atoms with Crippen molar-refractivity contribution in [2.45, 2.75) is 6.61 Å². The normalized spacial score (nSPS) is 10.2. The highest BCUT2D eigenvalue weighted by atomic mass is 16.5. The van der Waals surface area contributed by atoms with Crippen LogP contribution in [0.15, 0.2) is 60.9 Å². The van der Waals surface area contributed by atoms with Gasteiger partial charge in [0.15, 0.2) is 6.29 Å². The molecule has 0 atom stereocenters. The van der Waals surface area contributed by atoms with E-state index in [-0.39, 0.29) is 0 Å². The minimum absolute atomic E-state index is 0.303. The van der Waals surface area contributed by atoms with Crippen LogP contribution in [0.3, 0.4) is 0 Å². The number of hydrogen-bond donors (Lipinski definition) is 0. The second kappa shape index (κ2) is 7.37. The maximum absolute atomic E-state index is 11.4. The molecule has 2 aromatic carbocycles. The molecule has 5 heteroatoms. The topological polar surface area (TPSA) is 61.3 Å². The van der Waals surface area contributed by atoms with E-state index >= 15 is 0 Å². The van der Waals surface area contributed by atoms with Crippen molar-refractivity contribution in [1.82, 2.24) is 9.97 Å². The zero-order chi connectivity index (χ0) is 16.8. The Morgan fingerprint density at radius 3 is 2.42 bits per heavy atom. The molecule has 24 heavy (non-hydrogen) atoms. The van der Waals surface area contributed by atoms with Gasteiger partial charge in [0.05, 0.1) is 12.7 Å². The van der Waals surface area contributed by atoms with Gasteiger partial charge in [-0.3, -0.25) is 4.79 Å². The van der Waals surface area contributed by atoms with Crippen molar-refractivity contribution in [2.24, 2.45) is 0 Å². The molecule has 3 rings (SSSR count). The zero-order valence-electron chi connectivity index (χ0n) is 13.2. The van der Waals surface area contributed by atoms with Gasteiger partial charge in [0, 0.05) is 18.0 Å². The van der Waals surface area contributed by atoms with Crippen LogP contribution in [0.2, 0.25) is 0 Å². The van der Waals surface area contributed by atoms with Crippen LogP contribution >= 0.6 is 0 Å². The molecule has 0 aliphatic heterocycles. The molecule has 0 bridgehead atoms. The Balaban J connectivity index is 1.80. The second-order valence-electron chi connectivity index (χ2n) is 5.10. The molecule has 0 aliphatic carbocycles. The number of aldehydes is 1. The standard InChI is InChI=1S/C19H16N2O3/c1-23-19-20-10-17(11-21-19)15-7-8-18(16(9-15)12-22)24-13-14-5-3-2-4-6-14/h2-12H,13H2,1H3. The SMILES string of the molecule is COc1ncc(-c2ccc(OCc3ccccc3)c(C=O)c2)cn1. The molecule has 0 saturated carbocycles. The maximum Gasteiger partial charge on any atom is 0.316 e. The van der Waals surface area contributed by atoms with Crippen LogP contribution in [0, 0.1) is 0 Å². The second-order valence-corrected chi connectivity index (χ2v) is 5.10. The van der Waals surface area contributed by atoms with Gasteiger partial charge in [0.2, 0.25) is 0 Å². The summed E-state index contributed by atoms with van der Waals surface area (Å²) in [4.78, 5) is 19.5. The Kier molecular flexibility index (Phi) is 4.81. The van der Waals surface area contributed by atoms with E-state index in [1.807, 2.05) is 36.4 Å². The highest BCUT2D eigenvalue weighted by molar-refractivity contribution is 5.82. The van der Waals surface area contributed by atoms with E-state index in [1.165, 1.54) is 7.11 Å². The predicted octanol–water partition coefficient (Wildman–Crippen LogP) is 3.54. The number of benzene rings is 2. The van der Waals surface area contributed by atoms with Gasteiger partial charge < -0.3 is 9.47 Å². The van der Waals surface area contributed by atoms with Crippen molar-refractivity contribution in [3.05, 3.63) is 72.1 Å². The molecule has 0 amide bonds. The fourth-order valence-electron chi connectivity index (χ4n) is 2.26. The first-order chi connectivity index (χ1) is 11.8. The molecule has 3 aromatic rings. The number of methoxy groups -OCH3 is 1. The third-order valence-corrected chi connectivity index (χ3v) is 3.52. The first-order valence-corrected chi connectivity index (χ1v) is 7.42. The monoisotopic (exact) mass is 320 g/mol. The van der Waals surface area contributed by atoms with Gasteiger partial charge in [-0.25, -0.2) is 9.97 Å². The smallest absolute Gasteiger partial charge is 0.316 e. The van der Waals surface area contributed by atoms with Crippen LogP contribution in [0.1, 0.15) is 15.9 Å². The minimum Gasteiger partial charge on any atom is -0.488 e. The van der Waals surface area contributed by atoms with Crippen molar-refractivity contribution in [3.8, 4) is 22.9 Å². The number of hydrogen-bond acceptors (Lipinski definition) is 5. The van der Waals surface area contributed by atoms with Crippen LogP contribution in [0.5, 0.6) is 11.8 Å². The van der Waals surface area contributed by atoms with E-state index in [4.69, 9.17) is 9.47 Å².